The molecule has 0 aliphatic carbocycles. The van der Waals surface area contributed by atoms with Crippen LogP contribution in [0.2, 0.25) is 0 Å². The van der Waals surface area contributed by atoms with E-state index in [2.05, 4.69) is 71.5 Å². The SMILES string of the molecule is CC(C)c1ccccc1C1CN(Cc2ccc(N=S(C)(C)=O)cc2)CCN1C. The number of rotatable bonds is 5. The summed E-state index contributed by atoms with van der Waals surface area (Å²) in [5.74, 6) is 0.531. The molecule has 1 aliphatic heterocycles. The minimum atomic E-state index is -2.11. The van der Waals surface area contributed by atoms with E-state index in [1.807, 2.05) is 12.1 Å². The number of piperazine rings is 1. The first kappa shape index (κ1) is 21.0. The van der Waals surface area contributed by atoms with Crippen LogP contribution in [-0.4, -0.2) is 53.2 Å². The molecule has 1 heterocycles. The second-order valence-electron chi connectivity index (χ2n) is 8.45. The van der Waals surface area contributed by atoms with Gasteiger partial charge in [-0.05, 0) is 41.8 Å². The molecule has 0 aromatic heterocycles. The first-order valence-corrected chi connectivity index (χ1v) is 12.3. The summed E-state index contributed by atoms with van der Waals surface area (Å²) in [6, 6.07) is 17.5. The fourth-order valence-corrected chi connectivity index (χ4v) is 4.55. The third-order valence-electron chi connectivity index (χ3n) is 5.38. The Kier molecular flexibility index (Phi) is 6.58. The highest BCUT2D eigenvalue weighted by Crippen LogP contribution is 2.31. The normalized spacial score (nSPS) is 19.1. The van der Waals surface area contributed by atoms with Crippen LogP contribution in [0.3, 0.4) is 0 Å². The Bertz CT molecular complexity index is 906. The maximum atomic E-state index is 11.9. The molecular weight excluding hydrogens is 366 g/mol. The van der Waals surface area contributed by atoms with Gasteiger partial charge in [-0.2, -0.15) is 4.36 Å². The number of hydrogen-bond donors (Lipinski definition) is 0. The van der Waals surface area contributed by atoms with Gasteiger partial charge in [0, 0.05) is 54.5 Å². The highest BCUT2D eigenvalue weighted by atomic mass is 32.2. The summed E-state index contributed by atoms with van der Waals surface area (Å²) < 4.78 is 16.1. The summed E-state index contributed by atoms with van der Waals surface area (Å²) in [6.45, 7) is 8.65. The lowest BCUT2D eigenvalue weighted by atomic mass is 9.91. The molecule has 0 bridgehead atoms. The van der Waals surface area contributed by atoms with Crippen molar-refractivity contribution in [2.24, 2.45) is 4.36 Å². The molecule has 152 valence electrons. The van der Waals surface area contributed by atoms with Crippen molar-refractivity contribution in [1.82, 2.24) is 9.80 Å². The fourth-order valence-electron chi connectivity index (χ4n) is 3.92. The topological polar surface area (TPSA) is 35.9 Å². The van der Waals surface area contributed by atoms with Gasteiger partial charge >= 0.3 is 0 Å². The molecule has 0 radical (unpaired) electrons. The molecule has 1 unspecified atom stereocenters. The van der Waals surface area contributed by atoms with Gasteiger partial charge in [-0.1, -0.05) is 50.2 Å². The third-order valence-corrected chi connectivity index (χ3v) is 6.03. The van der Waals surface area contributed by atoms with E-state index >= 15 is 0 Å². The maximum Gasteiger partial charge on any atom is 0.0730 e. The molecule has 0 amide bonds. The van der Waals surface area contributed by atoms with E-state index in [1.54, 1.807) is 12.5 Å². The summed E-state index contributed by atoms with van der Waals surface area (Å²) in [5, 5.41) is 0. The van der Waals surface area contributed by atoms with Crippen molar-refractivity contribution in [3.05, 3.63) is 65.2 Å². The van der Waals surface area contributed by atoms with Crippen LogP contribution in [0, 0.1) is 0 Å². The lowest BCUT2D eigenvalue weighted by Crippen LogP contribution is -2.46. The van der Waals surface area contributed by atoms with Crippen LogP contribution in [0.15, 0.2) is 52.9 Å². The van der Waals surface area contributed by atoms with Crippen molar-refractivity contribution in [3.63, 3.8) is 0 Å². The number of benzene rings is 2. The van der Waals surface area contributed by atoms with Crippen LogP contribution in [0.1, 0.15) is 42.5 Å². The zero-order valence-corrected chi connectivity index (χ0v) is 18.6. The van der Waals surface area contributed by atoms with Crippen LogP contribution >= 0.6 is 0 Å². The van der Waals surface area contributed by atoms with Crippen LogP contribution in [0.5, 0.6) is 0 Å². The van der Waals surface area contributed by atoms with E-state index in [0.29, 0.717) is 12.0 Å². The Morgan fingerprint density at radius 3 is 2.39 bits per heavy atom. The minimum absolute atomic E-state index is 0.423. The van der Waals surface area contributed by atoms with Gasteiger partial charge in [-0.3, -0.25) is 9.80 Å². The van der Waals surface area contributed by atoms with Crippen LogP contribution in [0.25, 0.3) is 0 Å². The van der Waals surface area contributed by atoms with Crippen molar-refractivity contribution in [2.45, 2.75) is 32.4 Å². The predicted molar refractivity (Wildman–Crippen MR) is 120 cm³/mol. The van der Waals surface area contributed by atoms with Gasteiger partial charge in [0.2, 0.25) is 0 Å². The molecule has 0 saturated carbocycles. The summed E-state index contributed by atoms with van der Waals surface area (Å²) in [7, 11) is 0.125. The lowest BCUT2D eigenvalue weighted by Gasteiger charge is -2.40. The Balaban J connectivity index is 1.74. The summed E-state index contributed by atoms with van der Waals surface area (Å²) in [5.41, 5.74) is 4.98. The van der Waals surface area contributed by atoms with E-state index < -0.39 is 9.73 Å². The monoisotopic (exact) mass is 399 g/mol. The molecule has 1 saturated heterocycles. The highest BCUT2D eigenvalue weighted by molar-refractivity contribution is 7.92. The molecule has 1 fully saturated rings. The van der Waals surface area contributed by atoms with Crippen molar-refractivity contribution in [3.8, 4) is 0 Å². The molecule has 2 aromatic rings. The van der Waals surface area contributed by atoms with Gasteiger partial charge in [0.1, 0.15) is 0 Å². The van der Waals surface area contributed by atoms with Gasteiger partial charge in [0.05, 0.1) is 5.69 Å². The Morgan fingerprint density at radius 1 is 1.07 bits per heavy atom. The van der Waals surface area contributed by atoms with Gasteiger partial charge in [0.25, 0.3) is 0 Å². The molecule has 5 heteroatoms. The van der Waals surface area contributed by atoms with Crippen LogP contribution in [0.4, 0.5) is 5.69 Å². The highest BCUT2D eigenvalue weighted by Gasteiger charge is 2.27. The van der Waals surface area contributed by atoms with E-state index in [-0.39, 0.29) is 0 Å². The first-order chi connectivity index (χ1) is 13.2. The summed E-state index contributed by atoms with van der Waals surface area (Å²) in [4.78, 5) is 5.02. The average molecular weight is 400 g/mol. The molecule has 2 aromatic carbocycles. The standard InChI is InChI=1S/C23H33N3OS/c1-18(2)21-8-6-7-9-22(21)23-17-26(15-14-25(23)3)16-19-10-12-20(13-11-19)24-28(4,5)27/h6-13,18,23H,14-17H2,1-5H3. The Labute approximate surface area is 170 Å². The van der Waals surface area contributed by atoms with Gasteiger partial charge in [-0.15, -0.1) is 0 Å². The quantitative estimate of drug-likeness (QED) is 0.734. The second-order valence-corrected chi connectivity index (χ2v) is 11.0. The largest absolute Gasteiger partial charge is 0.297 e. The number of likely N-dealkylation sites (N-methyl/N-ethyl adjacent to an activating group) is 1. The van der Waals surface area contributed by atoms with E-state index in [0.717, 1.165) is 31.9 Å². The van der Waals surface area contributed by atoms with Crippen LogP contribution in [-0.2, 0) is 16.3 Å². The average Bonchev–Trinajstić information content (AvgIpc) is 2.64. The van der Waals surface area contributed by atoms with E-state index in [9.17, 15) is 4.21 Å². The lowest BCUT2D eigenvalue weighted by molar-refractivity contribution is 0.0899. The van der Waals surface area contributed by atoms with Gasteiger partial charge < -0.3 is 0 Å². The van der Waals surface area contributed by atoms with Crippen molar-refractivity contribution >= 4 is 15.4 Å². The molecular formula is C23H33N3OS. The molecule has 1 aliphatic rings. The molecule has 0 spiro atoms. The van der Waals surface area contributed by atoms with Gasteiger partial charge in [0.15, 0.2) is 0 Å². The Morgan fingerprint density at radius 2 is 1.75 bits per heavy atom. The van der Waals surface area contributed by atoms with Gasteiger partial charge in [-0.25, -0.2) is 4.21 Å². The van der Waals surface area contributed by atoms with E-state index in [4.69, 9.17) is 0 Å². The molecule has 28 heavy (non-hydrogen) atoms. The molecule has 1 atom stereocenters. The predicted octanol–water partition coefficient (Wildman–Crippen LogP) is 4.66. The van der Waals surface area contributed by atoms with E-state index in [1.165, 1.54) is 16.7 Å². The van der Waals surface area contributed by atoms with Crippen LogP contribution < -0.4 is 0 Å². The maximum absolute atomic E-state index is 11.9. The molecule has 0 N–H and O–H groups in total. The number of hydrogen-bond acceptors (Lipinski definition) is 4. The fraction of sp³-hybridized carbons (Fsp3) is 0.478. The molecule has 4 nitrogen and oxygen atoms in total. The molecule has 3 rings (SSSR count). The Hall–Kier alpha value is -1.69. The zero-order chi connectivity index (χ0) is 20.3. The van der Waals surface area contributed by atoms with Crippen molar-refractivity contribution in [1.29, 1.82) is 0 Å². The zero-order valence-electron chi connectivity index (χ0n) is 17.8. The van der Waals surface area contributed by atoms with Crippen molar-refractivity contribution in [2.75, 3.05) is 39.2 Å². The number of nitrogens with zero attached hydrogens (tertiary/aromatic N) is 3. The second kappa shape index (κ2) is 8.76. The minimum Gasteiger partial charge on any atom is -0.297 e. The first-order valence-electron chi connectivity index (χ1n) is 10.0. The summed E-state index contributed by atoms with van der Waals surface area (Å²) >= 11 is 0. The third kappa shape index (κ3) is 5.43. The van der Waals surface area contributed by atoms with Crippen molar-refractivity contribution < 1.29 is 4.21 Å². The summed E-state index contributed by atoms with van der Waals surface area (Å²) in [6.07, 6.45) is 3.33. The smallest absolute Gasteiger partial charge is 0.0730 e.